The van der Waals surface area contributed by atoms with Crippen LogP contribution in [0.5, 0.6) is 5.75 Å². The number of likely N-dealkylation sites (tertiary alicyclic amines) is 1. The fourth-order valence-corrected chi connectivity index (χ4v) is 3.75. The molecular formula is C22H27N5O2. The summed E-state index contributed by atoms with van der Waals surface area (Å²) in [7, 11) is 4.11. The number of benzene rings is 1. The molecule has 1 aromatic carbocycles. The monoisotopic (exact) mass is 393 g/mol. The van der Waals surface area contributed by atoms with Crippen molar-refractivity contribution in [3.63, 3.8) is 0 Å². The zero-order valence-corrected chi connectivity index (χ0v) is 17.0. The highest BCUT2D eigenvalue weighted by atomic mass is 16.5. The van der Waals surface area contributed by atoms with Gasteiger partial charge in [-0.05, 0) is 44.8 Å². The Morgan fingerprint density at radius 2 is 2.03 bits per heavy atom. The third kappa shape index (κ3) is 4.40. The predicted molar refractivity (Wildman–Crippen MR) is 112 cm³/mol. The molecule has 1 unspecified atom stereocenters. The van der Waals surface area contributed by atoms with Crippen molar-refractivity contribution in [3.05, 3.63) is 54.4 Å². The van der Waals surface area contributed by atoms with E-state index in [-0.39, 0.29) is 18.4 Å². The van der Waals surface area contributed by atoms with E-state index >= 15 is 0 Å². The number of hydrogen-bond donors (Lipinski definition) is 0. The minimum atomic E-state index is 0.0193. The molecule has 0 spiro atoms. The van der Waals surface area contributed by atoms with E-state index in [1.807, 2.05) is 52.2 Å². The summed E-state index contributed by atoms with van der Waals surface area (Å²) >= 11 is 0. The molecule has 1 aliphatic rings. The fourth-order valence-electron chi connectivity index (χ4n) is 3.75. The number of fused-ring (bicyclic) bond motifs is 1. The summed E-state index contributed by atoms with van der Waals surface area (Å²) in [5, 5.41) is 5.98. The number of carbonyl (C=O) groups excluding carboxylic acids is 1. The van der Waals surface area contributed by atoms with Crippen LogP contribution in [0.25, 0.3) is 11.0 Å². The van der Waals surface area contributed by atoms with Crippen LogP contribution < -0.4 is 4.74 Å². The molecule has 3 heterocycles. The summed E-state index contributed by atoms with van der Waals surface area (Å²) in [6.45, 7) is 3.16. The molecule has 0 bridgehead atoms. The van der Waals surface area contributed by atoms with Crippen LogP contribution in [0, 0.1) is 0 Å². The van der Waals surface area contributed by atoms with E-state index in [1.165, 1.54) is 0 Å². The van der Waals surface area contributed by atoms with Crippen molar-refractivity contribution in [3.8, 4) is 5.75 Å². The lowest BCUT2D eigenvalue weighted by Gasteiger charge is -2.16. The molecule has 1 atom stereocenters. The summed E-state index contributed by atoms with van der Waals surface area (Å²) < 4.78 is 7.62. The first kappa shape index (κ1) is 19.4. The van der Waals surface area contributed by atoms with Crippen LogP contribution >= 0.6 is 0 Å². The molecular weight excluding hydrogens is 366 g/mol. The van der Waals surface area contributed by atoms with Crippen LogP contribution in [0.1, 0.15) is 18.0 Å². The van der Waals surface area contributed by atoms with Gasteiger partial charge in [-0.3, -0.25) is 4.79 Å². The number of nitrogens with zero attached hydrogens (tertiary/aromatic N) is 5. The Morgan fingerprint density at radius 3 is 2.83 bits per heavy atom. The molecule has 0 N–H and O–H groups in total. The number of rotatable bonds is 7. The van der Waals surface area contributed by atoms with Gasteiger partial charge >= 0.3 is 0 Å². The van der Waals surface area contributed by atoms with Gasteiger partial charge in [0.2, 0.25) is 0 Å². The van der Waals surface area contributed by atoms with Gasteiger partial charge in [-0.1, -0.05) is 18.2 Å². The summed E-state index contributed by atoms with van der Waals surface area (Å²) in [4.78, 5) is 21.2. The molecule has 1 aliphatic heterocycles. The normalized spacial score (nSPS) is 16.7. The maximum atomic E-state index is 12.6. The highest BCUT2D eigenvalue weighted by molar-refractivity contribution is 5.80. The topological polar surface area (TPSA) is 63.5 Å². The number of ether oxygens (including phenoxy) is 1. The molecule has 29 heavy (non-hydrogen) atoms. The average Bonchev–Trinajstić information content (AvgIpc) is 3.36. The Hall–Kier alpha value is -2.93. The fraction of sp³-hybridized carbons (Fsp3) is 0.409. The molecule has 1 fully saturated rings. The zero-order valence-electron chi connectivity index (χ0n) is 17.0. The number of amides is 1. The number of para-hydroxylation sites is 1. The van der Waals surface area contributed by atoms with Crippen LogP contribution in [0.4, 0.5) is 0 Å². The first-order chi connectivity index (χ1) is 14.1. The van der Waals surface area contributed by atoms with Gasteiger partial charge < -0.3 is 14.5 Å². The second-order valence-electron chi connectivity index (χ2n) is 7.71. The molecule has 2 aromatic heterocycles. The second kappa shape index (κ2) is 8.61. The van der Waals surface area contributed by atoms with E-state index in [0.717, 1.165) is 42.8 Å². The van der Waals surface area contributed by atoms with Crippen molar-refractivity contribution < 1.29 is 9.53 Å². The SMILES string of the molecule is CN(C)CCn1nc(C2CCN(C(=O)COc3ccccc3)C2)c2cccnc21. The summed E-state index contributed by atoms with van der Waals surface area (Å²) in [6.07, 6.45) is 2.72. The van der Waals surface area contributed by atoms with Gasteiger partial charge in [0.15, 0.2) is 12.3 Å². The smallest absolute Gasteiger partial charge is 0.260 e. The zero-order chi connectivity index (χ0) is 20.2. The van der Waals surface area contributed by atoms with Crippen LogP contribution in [0.15, 0.2) is 48.7 Å². The molecule has 152 valence electrons. The average molecular weight is 393 g/mol. The van der Waals surface area contributed by atoms with E-state index in [9.17, 15) is 4.79 Å². The van der Waals surface area contributed by atoms with Crippen LogP contribution in [0.3, 0.4) is 0 Å². The lowest BCUT2D eigenvalue weighted by atomic mass is 10.0. The van der Waals surface area contributed by atoms with Crippen molar-refractivity contribution in [1.29, 1.82) is 0 Å². The lowest BCUT2D eigenvalue weighted by Crippen LogP contribution is -2.32. The lowest BCUT2D eigenvalue weighted by molar-refractivity contribution is -0.132. The minimum absolute atomic E-state index is 0.0193. The van der Waals surface area contributed by atoms with E-state index in [2.05, 4.69) is 30.0 Å². The van der Waals surface area contributed by atoms with Crippen LogP contribution in [-0.2, 0) is 11.3 Å². The van der Waals surface area contributed by atoms with Gasteiger partial charge in [-0.15, -0.1) is 0 Å². The second-order valence-corrected chi connectivity index (χ2v) is 7.71. The molecule has 1 amide bonds. The molecule has 3 aromatic rings. The number of hydrogen-bond acceptors (Lipinski definition) is 5. The highest BCUT2D eigenvalue weighted by Gasteiger charge is 2.31. The van der Waals surface area contributed by atoms with Crippen LogP contribution in [0.2, 0.25) is 0 Å². The molecule has 0 radical (unpaired) electrons. The van der Waals surface area contributed by atoms with E-state index in [1.54, 1.807) is 0 Å². The van der Waals surface area contributed by atoms with Gasteiger partial charge in [-0.25, -0.2) is 9.67 Å². The molecule has 0 aliphatic carbocycles. The van der Waals surface area contributed by atoms with E-state index in [4.69, 9.17) is 9.84 Å². The van der Waals surface area contributed by atoms with E-state index < -0.39 is 0 Å². The van der Waals surface area contributed by atoms with E-state index in [0.29, 0.717) is 12.3 Å². The maximum absolute atomic E-state index is 12.6. The van der Waals surface area contributed by atoms with Gasteiger partial charge in [0, 0.05) is 37.1 Å². The number of likely N-dealkylation sites (N-methyl/N-ethyl adjacent to an activating group) is 1. The molecule has 7 nitrogen and oxygen atoms in total. The van der Waals surface area contributed by atoms with Crippen molar-refractivity contribution in [2.24, 2.45) is 0 Å². The maximum Gasteiger partial charge on any atom is 0.260 e. The number of pyridine rings is 1. The summed E-state index contributed by atoms with van der Waals surface area (Å²) in [6, 6.07) is 13.5. The predicted octanol–water partition coefficient (Wildman–Crippen LogP) is 2.39. The number of aromatic nitrogens is 3. The third-order valence-electron chi connectivity index (χ3n) is 5.33. The Bertz CT molecular complexity index is 970. The molecule has 1 saturated heterocycles. The van der Waals surface area contributed by atoms with Crippen molar-refractivity contribution in [2.75, 3.05) is 40.3 Å². The quantitative estimate of drug-likeness (QED) is 0.617. The molecule has 0 saturated carbocycles. The Balaban J connectivity index is 1.44. The largest absolute Gasteiger partial charge is 0.484 e. The molecule has 4 rings (SSSR count). The highest BCUT2D eigenvalue weighted by Crippen LogP contribution is 2.31. The standard InChI is InChI=1S/C22H27N5O2/c1-25(2)13-14-27-22-19(9-6-11-23-22)21(24-27)17-10-12-26(15-17)20(28)16-29-18-7-4-3-5-8-18/h3-9,11,17H,10,12-16H2,1-2H3. The molecule has 7 heteroatoms. The number of carbonyl (C=O) groups is 1. The van der Waals surface area contributed by atoms with Gasteiger partial charge in [0.25, 0.3) is 5.91 Å². The Labute approximate surface area is 170 Å². The van der Waals surface area contributed by atoms with Crippen LogP contribution in [-0.4, -0.2) is 70.8 Å². The Morgan fingerprint density at radius 1 is 1.21 bits per heavy atom. The first-order valence-corrected chi connectivity index (χ1v) is 10.0. The minimum Gasteiger partial charge on any atom is -0.484 e. The van der Waals surface area contributed by atoms with Crippen molar-refractivity contribution in [1.82, 2.24) is 24.6 Å². The van der Waals surface area contributed by atoms with Gasteiger partial charge in [-0.2, -0.15) is 5.10 Å². The summed E-state index contributed by atoms with van der Waals surface area (Å²) in [5.74, 6) is 0.960. The Kier molecular flexibility index (Phi) is 5.76. The van der Waals surface area contributed by atoms with Crippen molar-refractivity contribution in [2.45, 2.75) is 18.9 Å². The first-order valence-electron chi connectivity index (χ1n) is 10.0. The third-order valence-corrected chi connectivity index (χ3v) is 5.33. The van der Waals surface area contributed by atoms with Gasteiger partial charge in [0.1, 0.15) is 5.75 Å². The summed E-state index contributed by atoms with van der Waals surface area (Å²) in [5.41, 5.74) is 1.97. The van der Waals surface area contributed by atoms with Crippen molar-refractivity contribution >= 4 is 16.9 Å². The van der Waals surface area contributed by atoms with Gasteiger partial charge in [0.05, 0.1) is 12.2 Å².